The van der Waals surface area contributed by atoms with Crippen LogP contribution in [0.5, 0.6) is 0 Å². The largest absolute Gasteiger partial charge is 0.394 e. The summed E-state index contributed by atoms with van der Waals surface area (Å²) in [6.45, 7) is 4.53. The Morgan fingerprint density at radius 2 is 2.00 bits per heavy atom. The molecule has 3 heteroatoms. The van der Waals surface area contributed by atoms with E-state index in [2.05, 4.69) is 19.2 Å². The first-order chi connectivity index (χ1) is 8.53. The molecule has 0 amide bonds. The summed E-state index contributed by atoms with van der Waals surface area (Å²) >= 11 is 0. The van der Waals surface area contributed by atoms with Crippen molar-refractivity contribution < 1.29 is 9.50 Å². The Kier molecular flexibility index (Phi) is 3.91. The van der Waals surface area contributed by atoms with Crippen molar-refractivity contribution >= 4 is 5.69 Å². The van der Waals surface area contributed by atoms with Crippen molar-refractivity contribution in [1.82, 2.24) is 0 Å². The van der Waals surface area contributed by atoms with E-state index in [-0.39, 0.29) is 18.0 Å². The zero-order valence-corrected chi connectivity index (χ0v) is 11.1. The van der Waals surface area contributed by atoms with Crippen LogP contribution in [0.2, 0.25) is 0 Å². The Morgan fingerprint density at radius 3 is 2.56 bits per heavy atom. The molecular weight excluding hydrogens is 229 g/mol. The third-order valence-corrected chi connectivity index (χ3v) is 3.82. The highest BCUT2D eigenvalue weighted by Gasteiger charge is 2.37. The summed E-state index contributed by atoms with van der Waals surface area (Å²) in [6, 6.07) is 6.47. The number of hydrogen-bond donors (Lipinski definition) is 2. The van der Waals surface area contributed by atoms with E-state index in [9.17, 15) is 9.50 Å². The van der Waals surface area contributed by atoms with Crippen molar-refractivity contribution in [3.05, 3.63) is 30.1 Å². The maximum atomic E-state index is 13.2. The number of rotatable bonds is 3. The van der Waals surface area contributed by atoms with Gasteiger partial charge in [-0.25, -0.2) is 4.39 Å². The number of aliphatic hydroxyl groups is 1. The fourth-order valence-electron chi connectivity index (χ4n) is 3.41. The molecule has 2 unspecified atom stereocenters. The Labute approximate surface area is 108 Å². The van der Waals surface area contributed by atoms with Gasteiger partial charge in [-0.2, -0.15) is 0 Å². The standard InChI is InChI=1S/C15H22FNO/c1-11-6-12(2)9-15(8-11,10-18)17-14-5-3-4-13(16)7-14/h3-5,7,11-12,17-18H,6,8-10H2,1-2H3. The Bertz CT molecular complexity index is 397. The molecule has 0 aliphatic heterocycles. The lowest BCUT2D eigenvalue weighted by molar-refractivity contribution is 0.122. The number of aliphatic hydroxyl groups excluding tert-OH is 1. The molecule has 0 radical (unpaired) electrons. The molecule has 1 aromatic rings. The van der Waals surface area contributed by atoms with Gasteiger partial charge in [-0.15, -0.1) is 0 Å². The quantitative estimate of drug-likeness (QED) is 0.862. The monoisotopic (exact) mass is 251 g/mol. The van der Waals surface area contributed by atoms with Crippen molar-refractivity contribution in [2.45, 2.75) is 38.6 Å². The van der Waals surface area contributed by atoms with Gasteiger partial charge in [0.25, 0.3) is 0 Å². The van der Waals surface area contributed by atoms with E-state index in [0.29, 0.717) is 11.8 Å². The van der Waals surface area contributed by atoms with Gasteiger partial charge in [-0.3, -0.25) is 0 Å². The van der Waals surface area contributed by atoms with Crippen LogP contribution >= 0.6 is 0 Å². The van der Waals surface area contributed by atoms with Crippen molar-refractivity contribution in [3.8, 4) is 0 Å². The maximum Gasteiger partial charge on any atom is 0.125 e. The van der Waals surface area contributed by atoms with Crippen LogP contribution in [-0.2, 0) is 0 Å². The summed E-state index contributed by atoms with van der Waals surface area (Å²) < 4.78 is 13.2. The summed E-state index contributed by atoms with van der Waals surface area (Å²) in [5.74, 6) is 0.925. The minimum absolute atomic E-state index is 0.0954. The SMILES string of the molecule is CC1CC(C)CC(CO)(Nc2cccc(F)c2)C1. The number of hydrogen-bond acceptors (Lipinski definition) is 2. The van der Waals surface area contributed by atoms with Crippen LogP contribution in [0.15, 0.2) is 24.3 Å². The van der Waals surface area contributed by atoms with Gasteiger partial charge >= 0.3 is 0 Å². The third-order valence-electron chi connectivity index (χ3n) is 3.82. The van der Waals surface area contributed by atoms with Gasteiger partial charge in [0.05, 0.1) is 12.1 Å². The second kappa shape index (κ2) is 5.27. The topological polar surface area (TPSA) is 32.3 Å². The van der Waals surface area contributed by atoms with Crippen LogP contribution in [0.4, 0.5) is 10.1 Å². The van der Waals surface area contributed by atoms with Gasteiger partial charge in [0.1, 0.15) is 5.82 Å². The lowest BCUT2D eigenvalue weighted by Gasteiger charge is -2.43. The van der Waals surface area contributed by atoms with Crippen LogP contribution in [0.25, 0.3) is 0 Å². The third kappa shape index (κ3) is 3.02. The van der Waals surface area contributed by atoms with E-state index in [1.807, 2.05) is 6.07 Å². The highest BCUT2D eigenvalue weighted by molar-refractivity contribution is 5.46. The molecule has 1 aliphatic carbocycles. The molecule has 100 valence electrons. The molecule has 1 saturated carbocycles. The molecule has 1 aliphatic rings. The number of anilines is 1. The second-order valence-corrected chi connectivity index (χ2v) is 5.93. The summed E-state index contributed by atoms with van der Waals surface area (Å²) in [5, 5.41) is 13.1. The number of nitrogens with one attached hydrogen (secondary N) is 1. The molecule has 0 spiro atoms. The molecule has 2 nitrogen and oxygen atoms in total. The molecule has 1 fully saturated rings. The Hall–Kier alpha value is -1.09. The summed E-state index contributed by atoms with van der Waals surface area (Å²) in [4.78, 5) is 0. The van der Waals surface area contributed by atoms with Crippen molar-refractivity contribution in [3.63, 3.8) is 0 Å². The van der Waals surface area contributed by atoms with Crippen molar-refractivity contribution in [2.24, 2.45) is 11.8 Å². The molecule has 2 rings (SSSR count). The van der Waals surface area contributed by atoms with Crippen LogP contribution < -0.4 is 5.32 Å². The Morgan fingerprint density at radius 1 is 1.33 bits per heavy atom. The summed E-state index contributed by atoms with van der Waals surface area (Å²) in [7, 11) is 0. The van der Waals surface area contributed by atoms with Crippen LogP contribution in [0.1, 0.15) is 33.1 Å². The Balaban J connectivity index is 2.17. The fourth-order valence-corrected chi connectivity index (χ4v) is 3.41. The normalized spacial score (nSPS) is 32.2. The molecule has 18 heavy (non-hydrogen) atoms. The van der Waals surface area contributed by atoms with E-state index in [0.717, 1.165) is 18.5 Å². The van der Waals surface area contributed by atoms with E-state index >= 15 is 0 Å². The molecule has 0 heterocycles. The molecule has 0 saturated heterocycles. The van der Waals surface area contributed by atoms with Crippen LogP contribution in [0.3, 0.4) is 0 Å². The lowest BCUT2D eigenvalue weighted by Crippen LogP contribution is -2.48. The van der Waals surface area contributed by atoms with Gasteiger partial charge in [0.15, 0.2) is 0 Å². The molecule has 1 aromatic carbocycles. The number of halogens is 1. The van der Waals surface area contributed by atoms with Gasteiger partial charge in [0, 0.05) is 5.69 Å². The molecular formula is C15H22FNO. The number of benzene rings is 1. The minimum atomic E-state index is -0.301. The first-order valence-electron chi connectivity index (χ1n) is 6.67. The van der Waals surface area contributed by atoms with E-state index < -0.39 is 0 Å². The molecule has 2 atom stereocenters. The first-order valence-corrected chi connectivity index (χ1v) is 6.67. The smallest absolute Gasteiger partial charge is 0.125 e. The van der Waals surface area contributed by atoms with Crippen molar-refractivity contribution in [2.75, 3.05) is 11.9 Å². The summed E-state index contributed by atoms with van der Waals surface area (Å²) in [6.07, 6.45) is 3.07. The predicted molar refractivity (Wildman–Crippen MR) is 72.0 cm³/mol. The average molecular weight is 251 g/mol. The van der Waals surface area contributed by atoms with Gasteiger partial charge in [0.2, 0.25) is 0 Å². The van der Waals surface area contributed by atoms with Crippen LogP contribution in [0, 0.1) is 17.7 Å². The van der Waals surface area contributed by atoms with Gasteiger partial charge < -0.3 is 10.4 Å². The minimum Gasteiger partial charge on any atom is -0.394 e. The maximum absolute atomic E-state index is 13.2. The van der Waals surface area contributed by atoms with Gasteiger partial charge in [-0.1, -0.05) is 19.9 Å². The highest BCUT2D eigenvalue weighted by atomic mass is 19.1. The lowest BCUT2D eigenvalue weighted by atomic mass is 9.72. The average Bonchev–Trinajstić information content (AvgIpc) is 2.27. The molecule has 2 N–H and O–H groups in total. The predicted octanol–water partition coefficient (Wildman–Crippen LogP) is 3.42. The zero-order chi connectivity index (χ0) is 13.2. The van der Waals surface area contributed by atoms with E-state index in [1.54, 1.807) is 6.07 Å². The first kappa shape index (κ1) is 13.3. The summed E-state index contributed by atoms with van der Waals surface area (Å²) in [5.41, 5.74) is 0.454. The van der Waals surface area contributed by atoms with Crippen molar-refractivity contribution in [1.29, 1.82) is 0 Å². The van der Waals surface area contributed by atoms with E-state index in [1.165, 1.54) is 18.6 Å². The molecule has 0 aromatic heterocycles. The zero-order valence-electron chi connectivity index (χ0n) is 11.1. The second-order valence-electron chi connectivity index (χ2n) is 5.93. The fraction of sp³-hybridized carbons (Fsp3) is 0.600. The van der Waals surface area contributed by atoms with Gasteiger partial charge in [-0.05, 0) is 49.3 Å². The van der Waals surface area contributed by atoms with E-state index in [4.69, 9.17) is 0 Å². The highest BCUT2D eigenvalue weighted by Crippen LogP contribution is 2.38. The van der Waals surface area contributed by atoms with Crippen LogP contribution in [-0.4, -0.2) is 17.3 Å². The molecule has 0 bridgehead atoms.